The van der Waals surface area contributed by atoms with Gasteiger partial charge in [-0.15, -0.1) is 0 Å². The number of nitrogen functional groups attached to an aromatic ring is 1. The Hall–Kier alpha value is -0.810. The third-order valence-electron chi connectivity index (χ3n) is 1.60. The van der Waals surface area contributed by atoms with E-state index in [1.165, 1.54) is 12.1 Å². The molecule has 5 heteroatoms. The van der Waals surface area contributed by atoms with E-state index in [0.29, 0.717) is 23.4 Å². The van der Waals surface area contributed by atoms with Crippen LogP contribution in [0, 0.1) is 5.82 Å². The summed E-state index contributed by atoms with van der Waals surface area (Å²) in [4.78, 5) is 0. The number of benzene rings is 1. The zero-order valence-corrected chi connectivity index (χ0v) is 9.30. The molecule has 0 bridgehead atoms. The summed E-state index contributed by atoms with van der Waals surface area (Å²) in [5.74, 6) is -0.301. The van der Waals surface area contributed by atoms with Crippen LogP contribution in [0.4, 0.5) is 10.1 Å². The van der Waals surface area contributed by atoms with E-state index < -0.39 is 5.82 Å². The summed E-state index contributed by atoms with van der Waals surface area (Å²) in [6.45, 7) is 0.727. The lowest BCUT2D eigenvalue weighted by Gasteiger charge is -2.08. The number of anilines is 1. The van der Waals surface area contributed by atoms with Crippen LogP contribution < -0.4 is 10.5 Å². The Morgan fingerprint density at radius 1 is 1.43 bits per heavy atom. The summed E-state index contributed by atoms with van der Waals surface area (Å²) < 4.78 is 23.7. The minimum Gasteiger partial charge on any atom is -0.488 e. The molecule has 2 N–H and O–H groups in total. The lowest BCUT2D eigenvalue weighted by atomic mass is 10.3. The number of rotatable bonds is 4. The highest BCUT2D eigenvalue weighted by atomic mass is 79.9. The third-order valence-corrected chi connectivity index (χ3v) is 2.28. The molecule has 1 rings (SSSR count). The average molecular weight is 264 g/mol. The number of methoxy groups -OCH3 is 1. The maximum atomic E-state index is 13.2. The van der Waals surface area contributed by atoms with Crippen LogP contribution in [-0.4, -0.2) is 20.3 Å². The van der Waals surface area contributed by atoms with Crippen LogP contribution in [0.5, 0.6) is 5.75 Å². The first-order valence-electron chi connectivity index (χ1n) is 4.01. The Morgan fingerprint density at radius 2 is 2.14 bits per heavy atom. The van der Waals surface area contributed by atoms with E-state index in [1.54, 1.807) is 7.11 Å². The van der Waals surface area contributed by atoms with Crippen molar-refractivity contribution < 1.29 is 13.9 Å². The van der Waals surface area contributed by atoms with Crippen LogP contribution >= 0.6 is 15.9 Å². The van der Waals surface area contributed by atoms with Gasteiger partial charge < -0.3 is 15.2 Å². The highest BCUT2D eigenvalue weighted by Crippen LogP contribution is 2.27. The monoisotopic (exact) mass is 263 g/mol. The molecule has 0 heterocycles. The van der Waals surface area contributed by atoms with Crippen molar-refractivity contribution >= 4 is 21.6 Å². The highest BCUT2D eigenvalue weighted by molar-refractivity contribution is 9.10. The summed E-state index contributed by atoms with van der Waals surface area (Å²) in [6.07, 6.45) is 0. The fourth-order valence-corrected chi connectivity index (χ4v) is 1.21. The Morgan fingerprint density at radius 3 is 2.79 bits per heavy atom. The zero-order valence-electron chi connectivity index (χ0n) is 7.72. The van der Waals surface area contributed by atoms with Gasteiger partial charge in [-0.3, -0.25) is 0 Å². The fraction of sp³-hybridized carbons (Fsp3) is 0.333. The molecule has 0 radical (unpaired) electrons. The van der Waals surface area contributed by atoms with E-state index in [0.717, 1.165) is 0 Å². The highest BCUT2D eigenvalue weighted by Gasteiger charge is 2.06. The van der Waals surface area contributed by atoms with Gasteiger partial charge in [0.2, 0.25) is 0 Å². The van der Waals surface area contributed by atoms with Crippen molar-refractivity contribution in [3.63, 3.8) is 0 Å². The van der Waals surface area contributed by atoms with Gasteiger partial charge in [0, 0.05) is 23.3 Å². The molecule has 0 amide bonds. The molecule has 3 nitrogen and oxygen atoms in total. The van der Waals surface area contributed by atoms with Gasteiger partial charge in [-0.05, 0) is 22.0 Å². The molecule has 14 heavy (non-hydrogen) atoms. The van der Waals surface area contributed by atoms with E-state index in [-0.39, 0.29) is 5.75 Å². The van der Waals surface area contributed by atoms with Crippen LogP contribution in [-0.2, 0) is 4.74 Å². The minimum atomic E-state index is -0.471. The largest absolute Gasteiger partial charge is 0.488 e. The van der Waals surface area contributed by atoms with Gasteiger partial charge in [0.25, 0.3) is 0 Å². The molecule has 0 aliphatic heterocycles. The quantitative estimate of drug-likeness (QED) is 0.669. The van der Waals surface area contributed by atoms with Crippen LogP contribution in [0.2, 0.25) is 0 Å². The van der Waals surface area contributed by atoms with E-state index >= 15 is 0 Å². The lowest BCUT2D eigenvalue weighted by molar-refractivity contribution is 0.144. The van der Waals surface area contributed by atoms with Gasteiger partial charge >= 0.3 is 0 Å². The van der Waals surface area contributed by atoms with E-state index in [9.17, 15) is 4.39 Å². The second-order valence-corrected chi connectivity index (χ2v) is 3.50. The molecular weight excluding hydrogens is 253 g/mol. The lowest BCUT2D eigenvalue weighted by Crippen LogP contribution is -2.05. The van der Waals surface area contributed by atoms with Gasteiger partial charge in [0.1, 0.15) is 6.61 Å². The maximum absolute atomic E-state index is 13.2. The second kappa shape index (κ2) is 5.17. The summed E-state index contributed by atoms with van der Waals surface area (Å²) in [6, 6.07) is 2.71. The molecular formula is C9H11BrFNO2. The van der Waals surface area contributed by atoms with Crippen molar-refractivity contribution in [1.82, 2.24) is 0 Å². The van der Waals surface area contributed by atoms with Crippen molar-refractivity contribution in [2.75, 3.05) is 26.1 Å². The predicted octanol–water partition coefficient (Wildman–Crippen LogP) is 2.20. The van der Waals surface area contributed by atoms with Gasteiger partial charge in [-0.1, -0.05) is 0 Å². The van der Waals surface area contributed by atoms with Crippen LogP contribution in [0.3, 0.4) is 0 Å². The molecule has 0 aromatic heterocycles. The second-order valence-electron chi connectivity index (χ2n) is 2.65. The standard InChI is InChI=1S/C9H11BrFNO2/c1-13-2-3-14-9-4-6(10)8(12)5-7(9)11/h4-5H,2-3,12H2,1H3. The first-order valence-corrected chi connectivity index (χ1v) is 4.80. The molecule has 0 saturated heterocycles. The summed E-state index contributed by atoms with van der Waals surface area (Å²) in [7, 11) is 1.55. The summed E-state index contributed by atoms with van der Waals surface area (Å²) in [5.41, 5.74) is 5.83. The van der Waals surface area contributed by atoms with Crippen molar-refractivity contribution in [2.45, 2.75) is 0 Å². The SMILES string of the molecule is COCCOc1cc(Br)c(N)cc1F. The fourth-order valence-electron chi connectivity index (χ4n) is 0.890. The van der Waals surface area contributed by atoms with E-state index in [1.807, 2.05) is 0 Å². The number of ether oxygens (including phenoxy) is 2. The minimum absolute atomic E-state index is 0.170. The van der Waals surface area contributed by atoms with Crippen molar-refractivity contribution in [1.29, 1.82) is 0 Å². The van der Waals surface area contributed by atoms with Gasteiger partial charge in [0.05, 0.1) is 6.61 Å². The van der Waals surface area contributed by atoms with Crippen molar-refractivity contribution in [2.24, 2.45) is 0 Å². The van der Waals surface area contributed by atoms with E-state index in [4.69, 9.17) is 15.2 Å². The third kappa shape index (κ3) is 2.85. The first kappa shape index (κ1) is 11.3. The Labute approximate surface area is 90.1 Å². The molecule has 0 spiro atoms. The summed E-state index contributed by atoms with van der Waals surface area (Å²) in [5, 5.41) is 0. The first-order chi connectivity index (χ1) is 6.65. The maximum Gasteiger partial charge on any atom is 0.167 e. The van der Waals surface area contributed by atoms with Crippen LogP contribution in [0.1, 0.15) is 0 Å². The smallest absolute Gasteiger partial charge is 0.167 e. The Bertz CT molecular complexity index is 320. The molecule has 0 unspecified atom stereocenters. The van der Waals surface area contributed by atoms with Crippen molar-refractivity contribution in [3.8, 4) is 5.75 Å². The number of hydrogen-bond donors (Lipinski definition) is 1. The normalized spacial score (nSPS) is 10.2. The average Bonchev–Trinajstić information content (AvgIpc) is 2.14. The number of halogens is 2. The predicted molar refractivity (Wildman–Crippen MR) is 55.9 cm³/mol. The molecule has 0 fully saturated rings. The van der Waals surface area contributed by atoms with Crippen LogP contribution in [0.25, 0.3) is 0 Å². The molecule has 0 aliphatic carbocycles. The Kier molecular flexibility index (Phi) is 4.16. The molecule has 1 aromatic carbocycles. The Balaban J connectivity index is 2.72. The van der Waals surface area contributed by atoms with E-state index in [2.05, 4.69) is 15.9 Å². The van der Waals surface area contributed by atoms with Gasteiger partial charge in [-0.25, -0.2) is 4.39 Å². The van der Waals surface area contributed by atoms with Gasteiger partial charge in [-0.2, -0.15) is 0 Å². The van der Waals surface area contributed by atoms with Crippen LogP contribution in [0.15, 0.2) is 16.6 Å². The molecule has 0 saturated carbocycles. The number of hydrogen-bond acceptors (Lipinski definition) is 3. The topological polar surface area (TPSA) is 44.5 Å². The summed E-state index contributed by atoms with van der Waals surface area (Å²) >= 11 is 3.19. The molecule has 78 valence electrons. The van der Waals surface area contributed by atoms with Crippen molar-refractivity contribution in [3.05, 3.63) is 22.4 Å². The molecule has 1 aromatic rings. The molecule has 0 atom stereocenters. The van der Waals surface area contributed by atoms with Gasteiger partial charge in [0.15, 0.2) is 11.6 Å². The zero-order chi connectivity index (χ0) is 10.6. The molecule has 0 aliphatic rings. The number of nitrogens with two attached hydrogens (primary N) is 1.